The lowest BCUT2D eigenvalue weighted by Crippen LogP contribution is -2.48. The first-order valence-corrected chi connectivity index (χ1v) is 7.27. The summed E-state index contributed by atoms with van der Waals surface area (Å²) < 4.78 is 25.6. The average molecular weight is 320 g/mol. The molecule has 1 aromatic carbocycles. The summed E-state index contributed by atoms with van der Waals surface area (Å²) in [4.78, 5) is 20.9. The van der Waals surface area contributed by atoms with E-state index in [4.69, 9.17) is 11.6 Å². The Bertz CT molecular complexity index is 598. The van der Waals surface area contributed by atoms with Crippen LogP contribution in [0.4, 0.5) is 0 Å². The molecule has 0 unspecified atom stereocenters. The van der Waals surface area contributed by atoms with Gasteiger partial charge in [-0.1, -0.05) is 11.6 Å². The Kier molecular flexibility index (Phi) is 5.49. The van der Waals surface area contributed by atoms with Gasteiger partial charge in [0.15, 0.2) is 0 Å². The zero-order valence-electron chi connectivity index (χ0n) is 10.0. The minimum atomic E-state index is -4.11. The molecule has 0 heterocycles. The van der Waals surface area contributed by atoms with Gasteiger partial charge in [-0.25, -0.2) is 13.1 Å². The fraction of sp³-hybridized carbons (Fsp3) is 0.273. The minimum absolute atomic E-state index is 0.193. The second-order valence-corrected chi connectivity index (χ2v) is 6.01. The number of rotatable bonds is 7. The summed E-state index contributed by atoms with van der Waals surface area (Å²) in [7, 11) is -4.11. The summed E-state index contributed by atoms with van der Waals surface area (Å²) in [5.41, 5.74) is 0. The van der Waals surface area contributed by atoms with Crippen molar-refractivity contribution in [2.45, 2.75) is 23.8 Å². The van der Waals surface area contributed by atoms with Crippen molar-refractivity contribution in [3.8, 4) is 0 Å². The van der Waals surface area contributed by atoms with Gasteiger partial charge in [0.1, 0.15) is 0 Å². The molecule has 1 rings (SSSR count). The van der Waals surface area contributed by atoms with Gasteiger partial charge in [-0.15, -0.1) is 0 Å². The standard InChI is InChI=1S/C11H12ClNO6S/c12-7-1-3-8(4-2-7)20(18,19)13-9(11(16)17)5-6-10(14)15/h1-4,9,13H,5-6H2,(H,14,15)(H,16,17)/p-2/t9-/m0/s1. The van der Waals surface area contributed by atoms with E-state index in [-0.39, 0.29) is 4.90 Å². The Morgan fingerprint density at radius 3 is 2.20 bits per heavy atom. The number of carboxylic acid groups (broad SMARTS) is 2. The van der Waals surface area contributed by atoms with Gasteiger partial charge >= 0.3 is 0 Å². The largest absolute Gasteiger partial charge is 0.550 e. The fourth-order valence-corrected chi connectivity index (χ4v) is 2.70. The molecule has 0 aliphatic rings. The van der Waals surface area contributed by atoms with Gasteiger partial charge in [0.2, 0.25) is 10.0 Å². The van der Waals surface area contributed by atoms with E-state index in [0.717, 1.165) is 0 Å². The molecule has 0 bridgehead atoms. The molecule has 1 aromatic rings. The van der Waals surface area contributed by atoms with Crippen LogP contribution in [0.25, 0.3) is 0 Å². The molecule has 7 nitrogen and oxygen atoms in total. The molecule has 0 fully saturated rings. The number of aliphatic carboxylic acids is 2. The van der Waals surface area contributed by atoms with E-state index in [0.29, 0.717) is 5.02 Å². The van der Waals surface area contributed by atoms with Crippen molar-refractivity contribution < 1.29 is 28.2 Å². The number of sulfonamides is 1. The topological polar surface area (TPSA) is 126 Å². The monoisotopic (exact) mass is 319 g/mol. The van der Waals surface area contributed by atoms with Crippen molar-refractivity contribution in [3.05, 3.63) is 29.3 Å². The third-order valence-corrected chi connectivity index (χ3v) is 4.08. The molecule has 110 valence electrons. The lowest BCUT2D eigenvalue weighted by atomic mass is 10.2. The molecular weight excluding hydrogens is 310 g/mol. The summed E-state index contributed by atoms with van der Waals surface area (Å²) in [5.74, 6) is -3.20. The van der Waals surface area contributed by atoms with E-state index < -0.39 is 40.8 Å². The quantitative estimate of drug-likeness (QED) is 0.636. The van der Waals surface area contributed by atoms with Crippen LogP contribution in [0.2, 0.25) is 5.02 Å². The molecule has 0 aliphatic heterocycles. The van der Waals surface area contributed by atoms with Gasteiger partial charge in [0.05, 0.1) is 16.9 Å². The van der Waals surface area contributed by atoms with E-state index >= 15 is 0 Å². The second-order valence-electron chi connectivity index (χ2n) is 3.86. The molecule has 0 spiro atoms. The average Bonchev–Trinajstić information content (AvgIpc) is 2.34. The number of carboxylic acids is 2. The Morgan fingerprint density at radius 2 is 1.75 bits per heavy atom. The second kappa shape index (κ2) is 6.69. The predicted molar refractivity (Wildman–Crippen MR) is 64.8 cm³/mol. The Labute approximate surface area is 120 Å². The molecule has 0 amide bonds. The van der Waals surface area contributed by atoms with Crippen molar-refractivity contribution in [3.63, 3.8) is 0 Å². The van der Waals surface area contributed by atoms with Crippen molar-refractivity contribution in [1.29, 1.82) is 0 Å². The Hall–Kier alpha value is -1.64. The van der Waals surface area contributed by atoms with Crippen LogP contribution in [-0.4, -0.2) is 26.4 Å². The van der Waals surface area contributed by atoms with Crippen LogP contribution >= 0.6 is 11.6 Å². The highest BCUT2D eigenvalue weighted by atomic mass is 35.5. The van der Waals surface area contributed by atoms with Gasteiger partial charge in [0, 0.05) is 11.0 Å². The molecule has 1 N–H and O–H groups in total. The maximum Gasteiger partial charge on any atom is 0.241 e. The fourth-order valence-electron chi connectivity index (χ4n) is 1.36. The third kappa shape index (κ3) is 4.80. The summed E-state index contributed by atoms with van der Waals surface area (Å²) in [6.45, 7) is 0. The van der Waals surface area contributed by atoms with Crippen LogP contribution < -0.4 is 14.9 Å². The maximum atomic E-state index is 11.9. The third-order valence-electron chi connectivity index (χ3n) is 2.34. The summed E-state index contributed by atoms with van der Waals surface area (Å²) >= 11 is 5.61. The molecule has 0 aromatic heterocycles. The zero-order valence-corrected chi connectivity index (χ0v) is 11.6. The Morgan fingerprint density at radius 1 is 1.20 bits per heavy atom. The molecule has 0 radical (unpaired) electrons. The highest BCUT2D eigenvalue weighted by Gasteiger charge is 2.20. The Balaban J connectivity index is 2.88. The summed E-state index contributed by atoms with van der Waals surface area (Å²) in [5, 5.41) is 21.4. The van der Waals surface area contributed by atoms with E-state index in [2.05, 4.69) is 0 Å². The number of benzene rings is 1. The van der Waals surface area contributed by atoms with Crippen molar-refractivity contribution >= 4 is 33.6 Å². The van der Waals surface area contributed by atoms with Crippen LogP contribution in [-0.2, 0) is 19.6 Å². The number of nitrogens with one attached hydrogen (secondary N) is 1. The SMILES string of the molecule is O=C([O-])CC[C@H](NS(=O)(=O)c1ccc(Cl)cc1)C(=O)[O-]. The number of hydrogen-bond acceptors (Lipinski definition) is 6. The highest BCUT2D eigenvalue weighted by molar-refractivity contribution is 7.89. The first-order chi connectivity index (χ1) is 9.22. The first kappa shape index (κ1) is 16.4. The normalized spacial score (nSPS) is 12.8. The van der Waals surface area contributed by atoms with Gasteiger partial charge < -0.3 is 19.8 Å². The molecular formula is C11H10ClNO6S-2. The minimum Gasteiger partial charge on any atom is -0.550 e. The number of carbonyl (C=O) groups is 2. The number of hydrogen-bond donors (Lipinski definition) is 1. The van der Waals surface area contributed by atoms with Crippen LogP contribution in [0, 0.1) is 0 Å². The van der Waals surface area contributed by atoms with Crippen molar-refractivity contribution in [2.75, 3.05) is 0 Å². The van der Waals surface area contributed by atoms with Crippen LogP contribution in [0.1, 0.15) is 12.8 Å². The molecule has 1 atom stereocenters. The van der Waals surface area contributed by atoms with Crippen LogP contribution in [0.15, 0.2) is 29.2 Å². The zero-order chi connectivity index (χ0) is 15.3. The first-order valence-electron chi connectivity index (χ1n) is 5.41. The van der Waals surface area contributed by atoms with Gasteiger partial charge in [-0.3, -0.25) is 0 Å². The van der Waals surface area contributed by atoms with Crippen LogP contribution in [0.3, 0.4) is 0 Å². The predicted octanol–water partition coefficient (Wildman–Crippen LogP) is -1.73. The van der Waals surface area contributed by atoms with Gasteiger partial charge in [-0.2, -0.15) is 0 Å². The van der Waals surface area contributed by atoms with Gasteiger partial charge in [0.25, 0.3) is 0 Å². The van der Waals surface area contributed by atoms with E-state index in [1.165, 1.54) is 24.3 Å². The number of halogens is 1. The lowest BCUT2D eigenvalue weighted by Gasteiger charge is -2.19. The van der Waals surface area contributed by atoms with E-state index in [1.807, 2.05) is 4.72 Å². The summed E-state index contributed by atoms with van der Waals surface area (Å²) in [6.07, 6.45) is -1.08. The smallest absolute Gasteiger partial charge is 0.241 e. The van der Waals surface area contributed by atoms with E-state index in [9.17, 15) is 28.2 Å². The molecule has 20 heavy (non-hydrogen) atoms. The molecule has 0 saturated carbocycles. The molecule has 9 heteroatoms. The van der Waals surface area contributed by atoms with Gasteiger partial charge in [-0.05, 0) is 37.1 Å². The highest BCUT2D eigenvalue weighted by Crippen LogP contribution is 2.14. The lowest BCUT2D eigenvalue weighted by molar-refractivity contribution is -0.309. The van der Waals surface area contributed by atoms with E-state index in [1.54, 1.807) is 0 Å². The summed E-state index contributed by atoms with van der Waals surface area (Å²) in [6, 6.07) is 3.37. The molecule has 0 aliphatic carbocycles. The van der Waals surface area contributed by atoms with Crippen molar-refractivity contribution in [2.24, 2.45) is 0 Å². The van der Waals surface area contributed by atoms with Crippen molar-refractivity contribution in [1.82, 2.24) is 4.72 Å². The maximum absolute atomic E-state index is 11.9. The molecule has 0 saturated heterocycles. The van der Waals surface area contributed by atoms with Crippen LogP contribution in [0.5, 0.6) is 0 Å². The number of carbonyl (C=O) groups excluding carboxylic acids is 2.